The Morgan fingerprint density at radius 2 is 1.97 bits per heavy atom. The zero-order valence-corrected chi connectivity index (χ0v) is 19.2. The van der Waals surface area contributed by atoms with Gasteiger partial charge < -0.3 is 19.4 Å². The van der Waals surface area contributed by atoms with E-state index in [4.69, 9.17) is 9.15 Å². The topological polar surface area (TPSA) is 75.0 Å². The minimum atomic E-state index is -0.353. The molecule has 2 aromatic rings. The molecule has 3 heterocycles. The zero-order valence-electron chi connectivity index (χ0n) is 19.2. The van der Waals surface area contributed by atoms with E-state index in [1.807, 2.05) is 31.2 Å². The van der Waals surface area contributed by atoms with E-state index in [0.717, 1.165) is 30.3 Å². The van der Waals surface area contributed by atoms with Crippen molar-refractivity contribution >= 4 is 17.5 Å². The molecule has 0 radical (unpaired) electrons. The van der Waals surface area contributed by atoms with Gasteiger partial charge in [-0.1, -0.05) is 26.0 Å². The Morgan fingerprint density at radius 3 is 2.66 bits per heavy atom. The molecule has 2 aliphatic heterocycles. The smallest absolute Gasteiger partial charge is 0.227 e. The van der Waals surface area contributed by atoms with Gasteiger partial charge in [0.2, 0.25) is 11.8 Å². The minimum absolute atomic E-state index is 0.00237. The van der Waals surface area contributed by atoms with Gasteiger partial charge in [0.15, 0.2) is 0 Å². The number of nitrogens with one attached hydrogen (secondary N) is 1. The van der Waals surface area contributed by atoms with Crippen molar-refractivity contribution < 1.29 is 18.7 Å². The van der Waals surface area contributed by atoms with Crippen molar-refractivity contribution in [2.24, 2.45) is 5.92 Å². The van der Waals surface area contributed by atoms with Crippen molar-refractivity contribution in [3.05, 3.63) is 53.5 Å². The van der Waals surface area contributed by atoms with Crippen LogP contribution in [-0.4, -0.2) is 56.1 Å². The van der Waals surface area contributed by atoms with E-state index >= 15 is 0 Å². The van der Waals surface area contributed by atoms with Crippen LogP contribution in [0.5, 0.6) is 0 Å². The van der Waals surface area contributed by atoms with Gasteiger partial charge in [0.05, 0.1) is 25.2 Å². The van der Waals surface area contributed by atoms with Crippen molar-refractivity contribution in [2.75, 3.05) is 44.3 Å². The van der Waals surface area contributed by atoms with Crippen LogP contribution in [0.4, 0.5) is 5.69 Å². The number of rotatable bonds is 7. The maximum absolute atomic E-state index is 13.0. The number of amides is 2. The van der Waals surface area contributed by atoms with E-state index in [9.17, 15) is 9.59 Å². The summed E-state index contributed by atoms with van der Waals surface area (Å²) in [5, 5.41) is 3.09. The number of nitrogens with zero attached hydrogens (tertiary/aromatic N) is 2. The molecule has 2 unspecified atom stereocenters. The van der Waals surface area contributed by atoms with E-state index in [2.05, 4.69) is 36.2 Å². The van der Waals surface area contributed by atoms with Crippen LogP contribution in [0.3, 0.4) is 0 Å². The minimum Gasteiger partial charge on any atom is -0.465 e. The highest BCUT2D eigenvalue weighted by Crippen LogP contribution is 2.28. The van der Waals surface area contributed by atoms with E-state index in [1.165, 1.54) is 5.56 Å². The molecule has 2 atom stereocenters. The lowest BCUT2D eigenvalue weighted by Gasteiger charge is -2.33. The number of anilines is 1. The molecular formula is C25H33N3O4. The summed E-state index contributed by atoms with van der Waals surface area (Å²) in [6.45, 7) is 9.97. The molecule has 4 rings (SSSR count). The molecule has 1 N–H and O–H groups in total. The van der Waals surface area contributed by atoms with Gasteiger partial charge in [-0.05, 0) is 42.7 Å². The predicted octanol–water partition coefficient (Wildman–Crippen LogP) is 3.25. The Kier molecular flexibility index (Phi) is 6.96. The largest absolute Gasteiger partial charge is 0.465 e. The normalized spacial score (nSPS) is 20.7. The predicted molar refractivity (Wildman–Crippen MR) is 123 cm³/mol. The first-order valence-electron chi connectivity index (χ1n) is 11.5. The molecule has 0 saturated carbocycles. The highest BCUT2D eigenvalue weighted by molar-refractivity contribution is 6.00. The van der Waals surface area contributed by atoms with E-state index in [0.29, 0.717) is 32.2 Å². The van der Waals surface area contributed by atoms with Gasteiger partial charge >= 0.3 is 0 Å². The summed E-state index contributed by atoms with van der Waals surface area (Å²) in [5.41, 5.74) is 2.05. The van der Waals surface area contributed by atoms with E-state index in [1.54, 1.807) is 4.90 Å². The van der Waals surface area contributed by atoms with Gasteiger partial charge in [0.25, 0.3) is 0 Å². The molecule has 1 aromatic carbocycles. The molecule has 1 aromatic heterocycles. The monoisotopic (exact) mass is 439 g/mol. The summed E-state index contributed by atoms with van der Waals surface area (Å²) in [5.74, 6) is 1.65. The summed E-state index contributed by atoms with van der Waals surface area (Å²) >= 11 is 0. The maximum Gasteiger partial charge on any atom is 0.227 e. The number of benzene rings is 1. The van der Waals surface area contributed by atoms with Crippen molar-refractivity contribution in [3.63, 3.8) is 0 Å². The van der Waals surface area contributed by atoms with Crippen LogP contribution in [0.1, 0.15) is 49.3 Å². The maximum atomic E-state index is 13.0. The van der Waals surface area contributed by atoms with Crippen LogP contribution in [0.25, 0.3) is 0 Å². The summed E-state index contributed by atoms with van der Waals surface area (Å²) in [6, 6.07) is 11.9. The zero-order chi connectivity index (χ0) is 22.7. The van der Waals surface area contributed by atoms with Gasteiger partial charge in [-0.2, -0.15) is 0 Å². The fraction of sp³-hybridized carbons (Fsp3) is 0.520. The van der Waals surface area contributed by atoms with E-state index < -0.39 is 0 Å². The van der Waals surface area contributed by atoms with Crippen molar-refractivity contribution in [2.45, 2.75) is 39.2 Å². The van der Waals surface area contributed by atoms with Gasteiger partial charge in [-0.3, -0.25) is 14.5 Å². The number of morpholine rings is 1. The number of aryl methyl sites for hydroxylation is 1. The first-order chi connectivity index (χ1) is 15.4. The first kappa shape index (κ1) is 22.6. The van der Waals surface area contributed by atoms with Crippen LogP contribution in [0.2, 0.25) is 0 Å². The fourth-order valence-corrected chi connectivity index (χ4v) is 4.46. The third-order valence-corrected chi connectivity index (χ3v) is 6.39. The van der Waals surface area contributed by atoms with Gasteiger partial charge in [-0.25, -0.2) is 0 Å². The molecule has 2 fully saturated rings. The number of furan rings is 1. The van der Waals surface area contributed by atoms with Crippen LogP contribution < -0.4 is 10.2 Å². The van der Waals surface area contributed by atoms with Crippen LogP contribution in [0.15, 0.2) is 40.8 Å². The molecule has 2 saturated heterocycles. The Bertz CT molecular complexity index is 948. The third kappa shape index (κ3) is 5.05. The number of carbonyl (C=O) groups is 2. The van der Waals surface area contributed by atoms with Crippen LogP contribution in [-0.2, 0) is 14.3 Å². The second-order valence-electron chi connectivity index (χ2n) is 9.01. The highest BCUT2D eigenvalue weighted by atomic mass is 16.5. The standard InChI is InChI=1S/C25H33N3O4/c1-17(2)19-5-4-6-21(13-19)28-16-20(14-24(28)29)25(30)26-15-22(23-8-7-18(3)32-23)27-9-11-31-12-10-27/h4-8,13,17,20,22H,9-12,14-16H2,1-3H3,(H,26,30). The molecule has 0 bridgehead atoms. The third-order valence-electron chi connectivity index (χ3n) is 6.39. The van der Waals surface area contributed by atoms with Crippen LogP contribution in [0, 0.1) is 12.8 Å². The second kappa shape index (κ2) is 9.88. The Morgan fingerprint density at radius 1 is 1.19 bits per heavy atom. The van der Waals surface area contributed by atoms with Gasteiger partial charge in [-0.15, -0.1) is 0 Å². The Hall–Kier alpha value is -2.64. The second-order valence-corrected chi connectivity index (χ2v) is 9.01. The number of ether oxygens (including phenoxy) is 1. The summed E-state index contributed by atoms with van der Waals surface area (Å²) in [4.78, 5) is 29.7. The number of hydrogen-bond donors (Lipinski definition) is 1. The molecule has 0 spiro atoms. The molecule has 0 aliphatic carbocycles. The van der Waals surface area contributed by atoms with Crippen molar-refractivity contribution in [1.29, 1.82) is 0 Å². The lowest BCUT2D eigenvalue weighted by Crippen LogP contribution is -2.44. The number of hydrogen-bond acceptors (Lipinski definition) is 5. The Labute approximate surface area is 189 Å². The molecule has 7 heteroatoms. The quantitative estimate of drug-likeness (QED) is 0.717. The average Bonchev–Trinajstić information content (AvgIpc) is 3.40. The lowest BCUT2D eigenvalue weighted by molar-refractivity contribution is -0.126. The number of carbonyl (C=O) groups excluding carboxylic acids is 2. The summed E-state index contributed by atoms with van der Waals surface area (Å²) in [7, 11) is 0. The van der Waals surface area contributed by atoms with Gasteiger partial charge in [0.1, 0.15) is 11.5 Å². The lowest BCUT2D eigenvalue weighted by atomic mass is 10.0. The SMILES string of the molecule is Cc1ccc(C(CNC(=O)C2CC(=O)N(c3cccc(C(C)C)c3)C2)N2CCOCC2)o1. The molecule has 2 aliphatic rings. The molecule has 7 nitrogen and oxygen atoms in total. The summed E-state index contributed by atoms with van der Waals surface area (Å²) < 4.78 is 11.4. The van der Waals surface area contributed by atoms with Crippen LogP contribution >= 0.6 is 0 Å². The first-order valence-corrected chi connectivity index (χ1v) is 11.5. The fourth-order valence-electron chi connectivity index (χ4n) is 4.46. The van der Waals surface area contributed by atoms with Crippen molar-refractivity contribution in [3.8, 4) is 0 Å². The summed E-state index contributed by atoms with van der Waals surface area (Å²) in [6.07, 6.45) is 0.236. The van der Waals surface area contributed by atoms with Crippen molar-refractivity contribution in [1.82, 2.24) is 10.2 Å². The van der Waals surface area contributed by atoms with E-state index in [-0.39, 0.29) is 30.2 Å². The molecule has 172 valence electrons. The highest BCUT2D eigenvalue weighted by Gasteiger charge is 2.36. The molecule has 32 heavy (non-hydrogen) atoms. The van der Waals surface area contributed by atoms with Gasteiger partial charge in [0, 0.05) is 38.3 Å². The Balaban J connectivity index is 1.40. The molecular weight excluding hydrogens is 406 g/mol. The molecule has 2 amide bonds. The average molecular weight is 440 g/mol.